The van der Waals surface area contributed by atoms with E-state index < -0.39 is 0 Å². The average molecular weight is 486 g/mol. The summed E-state index contributed by atoms with van der Waals surface area (Å²) in [5.74, 6) is 1.50. The average Bonchev–Trinajstić information content (AvgIpc) is 2.62. The third kappa shape index (κ3) is 9.50. The fourth-order valence-electron chi connectivity index (χ4n) is 2.75. The summed E-state index contributed by atoms with van der Waals surface area (Å²) in [6.45, 7) is 13.5. The van der Waals surface area contributed by atoms with Gasteiger partial charge in [0.1, 0.15) is 6.61 Å². The van der Waals surface area contributed by atoms with Gasteiger partial charge in [0.15, 0.2) is 11.5 Å². The number of nitrogens with one attached hydrogen (secondary N) is 1. The predicted octanol–water partition coefficient (Wildman–Crippen LogP) is 4.07. The van der Waals surface area contributed by atoms with Crippen LogP contribution in [0.3, 0.4) is 0 Å². The number of benzene rings is 1. The summed E-state index contributed by atoms with van der Waals surface area (Å²) >= 11 is 3.59. The molecule has 156 valence electrons. The zero-order valence-electron chi connectivity index (χ0n) is 15.9. The summed E-state index contributed by atoms with van der Waals surface area (Å²) in [6.07, 6.45) is 2.87. The topological polar surface area (TPSA) is 43.0 Å². The molecule has 8 heteroatoms. The van der Waals surface area contributed by atoms with E-state index in [-0.39, 0.29) is 24.8 Å². The Labute approximate surface area is 183 Å². The Morgan fingerprint density at radius 3 is 2.67 bits per heavy atom. The minimum atomic E-state index is 0. The molecular weight excluding hydrogens is 455 g/mol. The number of halogens is 3. The minimum absolute atomic E-state index is 0. The highest BCUT2D eigenvalue weighted by Crippen LogP contribution is 2.37. The molecular formula is C19H31BrCl2N2O3. The third-order valence-electron chi connectivity index (χ3n) is 3.98. The minimum Gasteiger partial charge on any atom is -0.490 e. The van der Waals surface area contributed by atoms with Gasteiger partial charge in [-0.2, -0.15) is 0 Å². The van der Waals surface area contributed by atoms with E-state index in [1.54, 1.807) is 6.08 Å². The first kappa shape index (κ1) is 26.5. The van der Waals surface area contributed by atoms with E-state index in [4.69, 9.17) is 14.2 Å². The van der Waals surface area contributed by atoms with Crippen LogP contribution in [0.4, 0.5) is 0 Å². The Morgan fingerprint density at radius 1 is 1.26 bits per heavy atom. The van der Waals surface area contributed by atoms with Crippen LogP contribution in [-0.2, 0) is 11.3 Å². The Morgan fingerprint density at radius 2 is 2.00 bits per heavy atom. The molecule has 1 aromatic rings. The van der Waals surface area contributed by atoms with Crippen molar-refractivity contribution in [1.82, 2.24) is 10.2 Å². The van der Waals surface area contributed by atoms with Crippen LogP contribution in [0.2, 0.25) is 0 Å². The lowest BCUT2D eigenvalue weighted by Gasteiger charge is -2.26. The highest BCUT2D eigenvalue weighted by molar-refractivity contribution is 9.10. The van der Waals surface area contributed by atoms with Gasteiger partial charge >= 0.3 is 0 Å². The van der Waals surface area contributed by atoms with Crippen LogP contribution < -0.4 is 14.8 Å². The lowest BCUT2D eigenvalue weighted by molar-refractivity contribution is 0.0374. The van der Waals surface area contributed by atoms with Gasteiger partial charge < -0.3 is 19.5 Å². The molecule has 0 amide bonds. The quantitative estimate of drug-likeness (QED) is 0.378. The molecule has 1 aromatic carbocycles. The molecule has 0 spiro atoms. The second-order valence-corrected chi connectivity index (χ2v) is 6.78. The van der Waals surface area contributed by atoms with Gasteiger partial charge in [0, 0.05) is 19.6 Å². The van der Waals surface area contributed by atoms with Gasteiger partial charge in [-0.3, -0.25) is 4.90 Å². The Hall–Kier alpha value is -0.500. The molecule has 0 saturated carbocycles. The van der Waals surface area contributed by atoms with Crippen molar-refractivity contribution >= 4 is 40.7 Å². The van der Waals surface area contributed by atoms with Crippen molar-refractivity contribution in [2.75, 3.05) is 52.6 Å². The van der Waals surface area contributed by atoms with Crippen LogP contribution in [0.25, 0.3) is 0 Å². The second-order valence-electron chi connectivity index (χ2n) is 5.92. The standard InChI is InChI=1S/C19H29BrN2O3.2ClH/c1-3-10-25-19-17(20)13-16(14-18(19)24-4-2)15-21-6-5-7-22-8-11-23-12-9-22;;/h3,13-14,21H,1,4-12,15H2,2H3;2*1H. The molecule has 5 nitrogen and oxygen atoms in total. The van der Waals surface area contributed by atoms with Gasteiger partial charge in [0.2, 0.25) is 0 Å². The number of morpholine rings is 1. The largest absolute Gasteiger partial charge is 0.490 e. The number of ether oxygens (including phenoxy) is 3. The maximum atomic E-state index is 5.73. The fraction of sp³-hybridized carbons (Fsp3) is 0.579. The van der Waals surface area contributed by atoms with Crippen LogP contribution in [0.5, 0.6) is 11.5 Å². The van der Waals surface area contributed by atoms with Crippen LogP contribution in [-0.4, -0.2) is 57.5 Å². The molecule has 0 radical (unpaired) electrons. The van der Waals surface area contributed by atoms with E-state index in [1.807, 2.05) is 13.0 Å². The van der Waals surface area contributed by atoms with Crippen LogP contribution in [0.1, 0.15) is 18.9 Å². The first-order chi connectivity index (χ1) is 12.2. The van der Waals surface area contributed by atoms with Crippen LogP contribution >= 0.6 is 40.7 Å². The van der Waals surface area contributed by atoms with Crippen molar-refractivity contribution in [3.05, 3.63) is 34.8 Å². The molecule has 0 unspecified atom stereocenters. The van der Waals surface area contributed by atoms with E-state index in [2.05, 4.69) is 38.8 Å². The van der Waals surface area contributed by atoms with Crippen molar-refractivity contribution in [3.8, 4) is 11.5 Å². The third-order valence-corrected chi connectivity index (χ3v) is 4.56. The van der Waals surface area contributed by atoms with E-state index in [0.29, 0.717) is 13.2 Å². The summed E-state index contributed by atoms with van der Waals surface area (Å²) in [4.78, 5) is 2.46. The van der Waals surface area contributed by atoms with Crippen LogP contribution in [0.15, 0.2) is 29.3 Å². The molecule has 0 atom stereocenters. The number of hydrogen-bond donors (Lipinski definition) is 1. The predicted molar refractivity (Wildman–Crippen MR) is 119 cm³/mol. The number of nitrogens with zero attached hydrogens (tertiary/aromatic N) is 1. The number of hydrogen-bond acceptors (Lipinski definition) is 5. The summed E-state index contributed by atoms with van der Waals surface area (Å²) in [7, 11) is 0. The molecule has 2 rings (SSSR count). The zero-order valence-corrected chi connectivity index (χ0v) is 19.1. The summed E-state index contributed by atoms with van der Waals surface area (Å²) in [5.41, 5.74) is 1.17. The molecule has 1 N–H and O–H groups in total. The Bertz CT molecular complexity index is 544. The summed E-state index contributed by atoms with van der Waals surface area (Å²) in [6, 6.07) is 4.12. The van der Waals surface area contributed by atoms with E-state index in [9.17, 15) is 0 Å². The molecule has 0 aromatic heterocycles. The monoisotopic (exact) mass is 484 g/mol. The van der Waals surface area contributed by atoms with Gasteiger partial charge in [-0.05, 0) is 60.1 Å². The summed E-state index contributed by atoms with van der Waals surface area (Å²) in [5, 5.41) is 3.51. The van der Waals surface area contributed by atoms with Gasteiger partial charge in [-0.25, -0.2) is 0 Å². The molecule has 0 bridgehead atoms. The van der Waals surface area contributed by atoms with Gasteiger partial charge in [-0.15, -0.1) is 24.8 Å². The summed E-state index contributed by atoms with van der Waals surface area (Å²) < 4.78 is 17.7. The highest BCUT2D eigenvalue weighted by atomic mass is 79.9. The van der Waals surface area contributed by atoms with Gasteiger partial charge in [0.05, 0.1) is 24.3 Å². The smallest absolute Gasteiger partial charge is 0.175 e. The highest BCUT2D eigenvalue weighted by Gasteiger charge is 2.12. The Kier molecular flexibility index (Phi) is 15.1. The van der Waals surface area contributed by atoms with Gasteiger partial charge in [0.25, 0.3) is 0 Å². The van der Waals surface area contributed by atoms with Gasteiger partial charge in [-0.1, -0.05) is 12.7 Å². The molecule has 1 saturated heterocycles. The first-order valence-electron chi connectivity index (χ1n) is 8.94. The van der Waals surface area contributed by atoms with E-state index >= 15 is 0 Å². The van der Waals surface area contributed by atoms with Crippen molar-refractivity contribution in [2.24, 2.45) is 0 Å². The van der Waals surface area contributed by atoms with Crippen molar-refractivity contribution in [1.29, 1.82) is 0 Å². The van der Waals surface area contributed by atoms with E-state index in [1.165, 1.54) is 5.56 Å². The van der Waals surface area contributed by atoms with E-state index in [0.717, 1.165) is 68.3 Å². The first-order valence-corrected chi connectivity index (χ1v) is 9.73. The lowest BCUT2D eigenvalue weighted by atomic mass is 10.2. The molecule has 0 aliphatic carbocycles. The number of rotatable bonds is 11. The fourth-order valence-corrected chi connectivity index (χ4v) is 3.36. The van der Waals surface area contributed by atoms with Crippen LogP contribution in [0, 0.1) is 0 Å². The zero-order chi connectivity index (χ0) is 17.9. The normalized spacial score (nSPS) is 14.0. The molecule has 1 fully saturated rings. The second kappa shape index (κ2) is 15.4. The van der Waals surface area contributed by atoms with Crippen molar-refractivity contribution in [2.45, 2.75) is 19.9 Å². The molecule has 1 aliphatic heterocycles. The Balaban J connectivity index is 0.00000338. The lowest BCUT2D eigenvalue weighted by Crippen LogP contribution is -2.37. The van der Waals surface area contributed by atoms with Crippen molar-refractivity contribution in [3.63, 3.8) is 0 Å². The maximum absolute atomic E-state index is 5.73. The molecule has 1 heterocycles. The molecule has 27 heavy (non-hydrogen) atoms. The SMILES string of the molecule is C=CCOc1c(Br)cc(CNCCCN2CCOCC2)cc1OCC.Cl.Cl. The molecule has 1 aliphatic rings. The maximum Gasteiger partial charge on any atom is 0.175 e. The van der Waals surface area contributed by atoms with Crippen molar-refractivity contribution < 1.29 is 14.2 Å².